The molecule has 0 radical (unpaired) electrons. The molecular weight excluding hydrogens is 425 g/mol. The zero-order valence-electron chi connectivity index (χ0n) is 16.0. The average Bonchev–Trinajstić information content (AvgIpc) is 2.94. The van der Waals surface area contributed by atoms with E-state index < -0.39 is 0 Å². The summed E-state index contributed by atoms with van der Waals surface area (Å²) in [5, 5.41) is 0. The first-order valence-corrected chi connectivity index (χ1v) is 11.4. The second-order valence-corrected chi connectivity index (χ2v) is 9.94. The Balaban J connectivity index is 1.67. The van der Waals surface area contributed by atoms with E-state index in [2.05, 4.69) is 37.6 Å². The number of fused-ring (bicyclic) bond motifs is 3. The molecule has 142 valence electrons. The third-order valence-corrected chi connectivity index (χ3v) is 6.93. The van der Waals surface area contributed by atoms with Gasteiger partial charge in [0.15, 0.2) is 0 Å². The number of esters is 1. The number of halogens is 1. The van der Waals surface area contributed by atoms with Crippen molar-refractivity contribution in [3.05, 3.63) is 10.2 Å². The largest absolute Gasteiger partial charge is 0.460 e. The maximum atomic E-state index is 12.4. The molecule has 3 aliphatic rings. The maximum Gasteiger partial charge on any atom is 0.307 e. The second-order valence-electron chi connectivity index (χ2n) is 9.22. The molecule has 3 rings (SSSR count). The second kappa shape index (κ2) is 8.28. The van der Waals surface area contributed by atoms with E-state index in [-0.39, 0.29) is 11.6 Å². The van der Waals surface area contributed by atoms with E-state index in [1.54, 1.807) is 0 Å². The highest BCUT2D eigenvalue weighted by Crippen LogP contribution is 2.47. The van der Waals surface area contributed by atoms with E-state index in [1.165, 1.54) is 51.4 Å². The summed E-state index contributed by atoms with van der Waals surface area (Å²) < 4.78 is 7.79. The van der Waals surface area contributed by atoms with Gasteiger partial charge >= 0.3 is 5.97 Å². The van der Waals surface area contributed by atoms with Gasteiger partial charge in [-0.15, -0.1) is 0 Å². The van der Waals surface area contributed by atoms with Crippen LogP contribution < -0.4 is 0 Å². The Labute approximate surface area is 167 Å². The molecule has 0 aromatic carbocycles. The molecule has 0 N–H and O–H groups in total. The normalized spacial score (nSPS) is 36.2. The van der Waals surface area contributed by atoms with Crippen molar-refractivity contribution >= 4 is 28.6 Å². The molecule has 2 aliphatic heterocycles. The third kappa shape index (κ3) is 4.79. The minimum atomic E-state index is -0.374. The van der Waals surface area contributed by atoms with Crippen molar-refractivity contribution in [2.75, 3.05) is 0 Å². The van der Waals surface area contributed by atoms with Gasteiger partial charge in [0.2, 0.25) is 0 Å². The Hall–Kier alpha value is -0.100. The van der Waals surface area contributed by atoms with Crippen LogP contribution in [0.3, 0.4) is 0 Å². The lowest BCUT2D eigenvalue weighted by molar-refractivity contribution is -0.156. The maximum absolute atomic E-state index is 12.4. The third-order valence-electron chi connectivity index (χ3n) is 6.42. The molecule has 3 nitrogen and oxygen atoms in total. The van der Waals surface area contributed by atoms with E-state index in [0.717, 1.165) is 11.8 Å². The van der Waals surface area contributed by atoms with Crippen LogP contribution in [0.25, 0.3) is 0 Å². The zero-order valence-corrected chi connectivity index (χ0v) is 18.2. The molecule has 2 heterocycles. The van der Waals surface area contributed by atoms with Crippen LogP contribution in [0.4, 0.5) is 0 Å². The number of allylic oxidation sites excluding steroid dienone is 1. The molecule has 4 heteroatoms. The van der Waals surface area contributed by atoms with Crippen molar-refractivity contribution in [3.63, 3.8) is 0 Å². The molecule has 0 bridgehead atoms. The quantitative estimate of drug-likeness (QED) is 0.413. The first-order chi connectivity index (χ1) is 11.9. The molecule has 0 unspecified atom stereocenters. The van der Waals surface area contributed by atoms with Crippen LogP contribution in [-0.4, -0.2) is 34.6 Å². The molecule has 1 aliphatic carbocycles. The monoisotopic (exact) mass is 459 g/mol. The van der Waals surface area contributed by atoms with Crippen molar-refractivity contribution < 1.29 is 9.53 Å². The molecule has 25 heavy (non-hydrogen) atoms. The van der Waals surface area contributed by atoms with Gasteiger partial charge in [0.1, 0.15) is 5.60 Å². The standard InChI is InChI=1S/C21H34INO2/c1-21(2,3)25-20(24)14-17-10-9-16-11-12-18-15(7-5-13-22)6-4-8-19(18)23(16)17/h5,13,15-19H,4,6-12,14H2,1-3H3/b13-5-/t15-,16+,17-,18-,19+/m0/s1. The fourth-order valence-corrected chi connectivity index (χ4v) is 5.93. The van der Waals surface area contributed by atoms with Crippen molar-refractivity contribution in [2.45, 2.75) is 102 Å². The van der Waals surface area contributed by atoms with Gasteiger partial charge in [-0.2, -0.15) is 0 Å². The van der Waals surface area contributed by atoms with E-state index in [0.29, 0.717) is 24.5 Å². The van der Waals surface area contributed by atoms with Gasteiger partial charge in [-0.25, -0.2) is 0 Å². The van der Waals surface area contributed by atoms with E-state index in [9.17, 15) is 4.79 Å². The smallest absolute Gasteiger partial charge is 0.307 e. The number of carbonyl (C=O) groups is 1. The average molecular weight is 459 g/mol. The fraction of sp³-hybridized carbons (Fsp3) is 0.857. The van der Waals surface area contributed by atoms with Gasteiger partial charge in [-0.05, 0) is 81.6 Å². The van der Waals surface area contributed by atoms with Crippen LogP contribution in [0.5, 0.6) is 0 Å². The van der Waals surface area contributed by atoms with Gasteiger partial charge in [0.25, 0.3) is 0 Å². The summed E-state index contributed by atoms with van der Waals surface area (Å²) in [6.07, 6.45) is 13.4. The summed E-state index contributed by atoms with van der Waals surface area (Å²) >= 11 is 2.34. The van der Waals surface area contributed by atoms with Crippen LogP contribution in [0.15, 0.2) is 10.2 Å². The van der Waals surface area contributed by atoms with Gasteiger partial charge in [0.05, 0.1) is 6.42 Å². The minimum absolute atomic E-state index is 0.0134. The van der Waals surface area contributed by atoms with Crippen LogP contribution in [0, 0.1) is 11.8 Å². The van der Waals surface area contributed by atoms with Crippen molar-refractivity contribution in [3.8, 4) is 0 Å². The highest BCUT2D eigenvalue weighted by Gasteiger charge is 2.47. The lowest BCUT2D eigenvalue weighted by Crippen LogP contribution is -2.54. The number of nitrogens with zero attached hydrogens (tertiary/aromatic N) is 1. The van der Waals surface area contributed by atoms with Crippen LogP contribution in [-0.2, 0) is 9.53 Å². The lowest BCUT2D eigenvalue weighted by atomic mass is 9.69. The van der Waals surface area contributed by atoms with Gasteiger partial charge in [0, 0.05) is 18.1 Å². The summed E-state index contributed by atoms with van der Waals surface area (Å²) in [6, 6.07) is 1.83. The predicted molar refractivity (Wildman–Crippen MR) is 111 cm³/mol. The number of ether oxygens (including phenoxy) is 1. The number of rotatable bonds is 4. The summed E-state index contributed by atoms with van der Waals surface area (Å²) in [5.74, 6) is 1.66. The molecule has 0 amide bonds. The zero-order chi connectivity index (χ0) is 18.0. The number of hydrogen-bond acceptors (Lipinski definition) is 3. The fourth-order valence-electron chi connectivity index (χ4n) is 5.63. The minimum Gasteiger partial charge on any atom is -0.460 e. The van der Waals surface area contributed by atoms with E-state index in [4.69, 9.17) is 4.74 Å². The van der Waals surface area contributed by atoms with E-state index in [1.807, 2.05) is 20.8 Å². The summed E-state index contributed by atoms with van der Waals surface area (Å²) in [4.78, 5) is 15.2. The molecule has 5 atom stereocenters. The van der Waals surface area contributed by atoms with Gasteiger partial charge < -0.3 is 4.74 Å². The number of piperidine rings is 1. The Morgan fingerprint density at radius 1 is 1.16 bits per heavy atom. The van der Waals surface area contributed by atoms with Crippen molar-refractivity contribution in [1.82, 2.24) is 4.90 Å². The van der Waals surface area contributed by atoms with Crippen LogP contribution >= 0.6 is 22.6 Å². The Morgan fingerprint density at radius 3 is 2.64 bits per heavy atom. The number of hydrogen-bond donors (Lipinski definition) is 0. The topological polar surface area (TPSA) is 29.5 Å². The first-order valence-electron chi connectivity index (χ1n) is 10.1. The van der Waals surface area contributed by atoms with Crippen LogP contribution in [0.1, 0.15) is 78.6 Å². The summed E-state index contributed by atoms with van der Waals surface area (Å²) in [7, 11) is 0. The SMILES string of the molecule is CC(C)(C)OC(=O)C[C@@H]1CC[C@@H]2CC[C@H]3[C@H](C/C=C\I)CCC[C@H]3N21. The Bertz CT molecular complexity index is 499. The number of carbonyl (C=O) groups excluding carboxylic acids is 1. The first kappa shape index (κ1) is 19.7. The summed E-state index contributed by atoms with van der Waals surface area (Å²) in [5.41, 5.74) is -0.374. The molecule has 0 aromatic rings. The van der Waals surface area contributed by atoms with E-state index >= 15 is 0 Å². The van der Waals surface area contributed by atoms with Crippen molar-refractivity contribution in [1.29, 1.82) is 0 Å². The van der Waals surface area contributed by atoms with Gasteiger partial charge in [-0.3, -0.25) is 9.69 Å². The molecular formula is C21H34INO2. The predicted octanol–water partition coefficient (Wildman–Crippen LogP) is 5.47. The van der Waals surface area contributed by atoms with Crippen molar-refractivity contribution in [2.24, 2.45) is 11.8 Å². The highest BCUT2D eigenvalue weighted by atomic mass is 127. The molecule has 2 saturated heterocycles. The van der Waals surface area contributed by atoms with Crippen LogP contribution in [0.2, 0.25) is 0 Å². The molecule has 3 fully saturated rings. The highest BCUT2D eigenvalue weighted by molar-refractivity contribution is 14.1. The Morgan fingerprint density at radius 2 is 1.92 bits per heavy atom. The van der Waals surface area contributed by atoms with Gasteiger partial charge in [-0.1, -0.05) is 35.1 Å². The molecule has 0 spiro atoms. The Kier molecular flexibility index (Phi) is 6.51. The summed E-state index contributed by atoms with van der Waals surface area (Å²) in [6.45, 7) is 5.89. The molecule has 1 saturated carbocycles. The molecule has 0 aromatic heterocycles. The lowest BCUT2D eigenvalue weighted by Gasteiger charge is -2.51.